The van der Waals surface area contributed by atoms with E-state index in [0.717, 1.165) is 23.9 Å². The number of carbonyl (C=O) groups is 1. The monoisotopic (exact) mass is 327 g/mol. The second-order valence-corrected chi connectivity index (χ2v) is 5.49. The minimum atomic E-state index is -0.948. The number of rotatable bonds is 3. The molecule has 1 aliphatic rings. The lowest BCUT2D eigenvalue weighted by molar-refractivity contribution is -0.394. The van der Waals surface area contributed by atoms with Gasteiger partial charge in [0.05, 0.1) is 20.8 Å². The maximum absolute atomic E-state index is 11.5. The van der Waals surface area contributed by atoms with E-state index in [-0.39, 0.29) is 14.8 Å². The topological polar surface area (TPSA) is 136 Å². The van der Waals surface area contributed by atoms with Crippen molar-refractivity contribution in [1.82, 2.24) is 5.32 Å². The Morgan fingerprint density at radius 3 is 2.43 bits per heavy atom. The van der Waals surface area contributed by atoms with E-state index in [2.05, 4.69) is 5.32 Å². The van der Waals surface area contributed by atoms with Gasteiger partial charge in [-0.05, 0) is 6.08 Å². The summed E-state index contributed by atoms with van der Waals surface area (Å²) in [6.45, 7) is 0. The number of phenolic OH excluding ortho intramolecular Hbond substituents is 1. The molecule has 9 nitrogen and oxygen atoms in total. The number of non-ortho nitro benzene ring substituents is 1. The predicted octanol–water partition coefficient (Wildman–Crippen LogP) is 1.70. The normalized spacial score (nSPS) is 16.1. The van der Waals surface area contributed by atoms with Crippen molar-refractivity contribution in [3.8, 4) is 5.75 Å². The molecule has 1 fully saturated rings. The van der Waals surface area contributed by atoms with Gasteiger partial charge in [0.1, 0.15) is 4.32 Å². The molecule has 1 heterocycles. The molecule has 108 valence electrons. The molecule has 1 aromatic rings. The largest absolute Gasteiger partial charge is 0.502 e. The highest BCUT2D eigenvalue weighted by Crippen LogP contribution is 2.37. The lowest BCUT2D eigenvalue weighted by Gasteiger charge is -2.02. The Morgan fingerprint density at radius 2 is 1.95 bits per heavy atom. The Labute approximate surface area is 125 Å². The number of amides is 1. The van der Waals surface area contributed by atoms with Crippen molar-refractivity contribution in [3.05, 3.63) is 42.8 Å². The summed E-state index contributed by atoms with van der Waals surface area (Å²) in [4.78, 5) is 31.4. The van der Waals surface area contributed by atoms with Gasteiger partial charge in [0.2, 0.25) is 5.75 Å². The van der Waals surface area contributed by atoms with Crippen LogP contribution in [0.3, 0.4) is 0 Å². The maximum Gasteiger partial charge on any atom is 0.318 e. The number of thiocarbonyl (C=S) groups is 1. The Morgan fingerprint density at radius 1 is 1.29 bits per heavy atom. The minimum absolute atomic E-state index is 0.0742. The fraction of sp³-hybridized carbons (Fsp3) is 0. The van der Waals surface area contributed by atoms with E-state index in [1.807, 2.05) is 0 Å². The average Bonchev–Trinajstić information content (AvgIpc) is 2.69. The van der Waals surface area contributed by atoms with E-state index in [1.165, 1.54) is 0 Å². The second-order valence-electron chi connectivity index (χ2n) is 3.77. The van der Waals surface area contributed by atoms with Gasteiger partial charge in [0, 0.05) is 11.6 Å². The molecule has 11 heteroatoms. The zero-order chi connectivity index (χ0) is 15.7. The Bertz CT molecular complexity index is 730. The molecule has 0 atom stereocenters. The molecule has 0 aromatic heterocycles. The van der Waals surface area contributed by atoms with E-state index < -0.39 is 32.9 Å². The fourth-order valence-electron chi connectivity index (χ4n) is 1.54. The third kappa shape index (κ3) is 2.98. The van der Waals surface area contributed by atoms with Gasteiger partial charge in [-0.25, -0.2) is 0 Å². The van der Waals surface area contributed by atoms with Crippen LogP contribution in [0.5, 0.6) is 5.75 Å². The molecule has 21 heavy (non-hydrogen) atoms. The van der Waals surface area contributed by atoms with E-state index in [9.17, 15) is 30.1 Å². The molecule has 0 unspecified atom stereocenters. The molecule has 0 saturated carbocycles. The highest BCUT2D eigenvalue weighted by atomic mass is 32.2. The highest BCUT2D eigenvalue weighted by molar-refractivity contribution is 8.26. The third-order valence-electron chi connectivity index (χ3n) is 2.44. The molecule has 1 aromatic carbocycles. The number of phenols is 1. The number of thioether (sulfide) groups is 1. The van der Waals surface area contributed by atoms with Crippen molar-refractivity contribution in [2.45, 2.75) is 0 Å². The van der Waals surface area contributed by atoms with E-state index in [1.54, 1.807) is 0 Å². The Hall–Kier alpha value is -2.53. The summed E-state index contributed by atoms with van der Waals surface area (Å²) in [5, 5.41) is 33.7. The summed E-state index contributed by atoms with van der Waals surface area (Å²) >= 11 is 5.65. The predicted molar refractivity (Wildman–Crippen MR) is 77.7 cm³/mol. The Kier molecular flexibility index (Phi) is 3.86. The Balaban J connectivity index is 2.60. The summed E-state index contributed by atoms with van der Waals surface area (Å²) in [7, 11) is 0. The van der Waals surface area contributed by atoms with Crippen molar-refractivity contribution in [3.63, 3.8) is 0 Å². The molecule has 2 rings (SSSR count). The van der Waals surface area contributed by atoms with Crippen LogP contribution in [0.4, 0.5) is 11.4 Å². The van der Waals surface area contributed by atoms with Gasteiger partial charge in [0.25, 0.3) is 11.6 Å². The molecule has 1 saturated heterocycles. The average molecular weight is 327 g/mol. The standard InChI is InChI=1S/C10H5N3O6S2/c14-8-4(2-7-9(15)11-10(20)21-7)1-5(12(16)17)3-6(8)13(18)19/h1-3,14H,(H,11,15,20)/b7-2-. The van der Waals surface area contributed by atoms with Crippen molar-refractivity contribution in [1.29, 1.82) is 0 Å². The van der Waals surface area contributed by atoms with Crippen molar-refractivity contribution < 1.29 is 19.7 Å². The molecule has 0 radical (unpaired) electrons. The van der Waals surface area contributed by atoms with Gasteiger partial charge < -0.3 is 10.4 Å². The zero-order valence-electron chi connectivity index (χ0n) is 9.93. The van der Waals surface area contributed by atoms with Crippen LogP contribution in [-0.4, -0.2) is 25.2 Å². The van der Waals surface area contributed by atoms with Gasteiger partial charge in [-0.15, -0.1) is 0 Å². The number of nitro groups is 2. The van der Waals surface area contributed by atoms with Crippen molar-refractivity contribution in [2.24, 2.45) is 0 Å². The molecule has 0 aliphatic carbocycles. The first-order valence-corrected chi connectivity index (χ1v) is 6.42. The number of nitro benzene ring substituents is 2. The fourth-order valence-corrected chi connectivity index (χ4v) is 2.58. The smallest absolute Gasteiger partial charge is 0.318 e. The zero-order valence-corrected chi connectivity index (χ0v) is 11.6. The lowest BCUT2D eigenvalue weighted by Crippen LogP contribution is -2.17. The van der Waals surface area contributed by atoms with Crippen LogP contribution in [0.1, 0.15) is 5.56 Å². The molecular formula is C10H5N3O6S2. The number of benzene rings is 1. The quantitative estimate of drug-likeness (QED) is 0.370. The van der Waals surface area contributed by atoms with E-state index in [4.69, 9.17) is 12.2 Å². The molecule has 0 spiro atoms. The first-order valence-electron chi connectivity index (χ1n) is 5.20. The second kappa shape index (κ2) is 5.46. The molecular weight excluding hydrogens is 322 g/mol. The van der Waals surface area contributed by atoms with Crippen LogP contribution >= 0.6 is 24.0 Å². The van der Waals surface area contributed by atoms with Gasteiger partial charge in [0.15, 0.2) is 0 Å². The summed E-state index contributed by atoms with van der Waals surface area (Å²) in [6, 6.07) is 1.58. The first-order chi connectivity index (χ1) is 9.79. The van der Waals surface area contributed by atoms with Gasteiger partial charge >= 0.3 is 5.69 Å². The van der Waals surface area contributed by atoms with Crippen LogP contribution in [0.25, 0.3) is 6.08 Å². The van der Waals surface area contributed by atoms with Crippen LogP contribution in [0.15, 0.2) is 17.0 Å². The SMILES string of the molecule is O=C1NC(=S)S/C1=C\c1cc([N+](=O)[O-])cc([N+](=O)[O-])c1O. The molecule has 0 bridgehead atoms. The lowest BCUT2D eigenvalue weighted by atomic mass is 10.1. The molecule has 1 aliphatic heterocycles. The number of aromatic hydroxyl groups is 1. The van der Waals surface area contributed by atoms with Crippen LogP contribution in [0, 0.1) is 20.2 Å². The van der Waals surface area contributed by atoms with Gasteiger partial charge in [-0.2, -0.15) is 0 Å². The summed E-state index contributed by atoms with van der Waals surface area (Å²) in [6.07, 6.45) is 1.11. The van der Waals surface area contributed by atoms with Crippen LogP contribution < -0.4 is 5.32 Å². The van der Waals surface area contributed by atoms with Crippen LogP contribution in [-0.2, 0) is 4.79 Å². The number of carbonyl (C=O) groups excluding carboxylic acids is 1. The van der Waals surface area contributed by atoms with Gasteiger partial charge in [-0.3, -0.25) is 25.0 Å². The number of hydrogen-bond acceptors (Lipinski definition) is 8. The maximum atomic E-state index is 11.5. The highest BCUT2D eigenvalue weighted by Gasteiger charge is 2.26. The van der Waals surface area contributed by atoms with Crippen molar-refractivity contribution in [2.75, 3.05) is 0 Å². The number of nitrogens with one attached hydrogen (secondary N) is 1. The number of hydrogen-bond donors (Lipinski definition) is 2. The summed E-state index contributed by atoms with van der Waals surface area (Å²) < 4.78 is 0.186. The summed E-state index contributed by atoms with van der Waals surface area (Å²) in [5.74, 6) is -1.30. The van der Waals surface area contributed by atoms with E-state index in [0.29, 0.717) is 6.07 Å². The summed E-state index contributed by atoms with van der Waals surface area (Å²) in [5.41, 5.74) is -1.60. The number of nitrogens with zero attached hydrogens (tertiary/aromatic N) is 2. The third-order valence-corrected chi connectivity index (χ3v) is 3.60. The minimum Gasteiger partial charge on any atom is -0.502 e. The van der Waals surface area contributed by atoms with Crippen molar-refractivity contribution >= 4 is 51.7 Å². The van der Waals surface area contributed by atoms with Gasteiger partial charge in [-0.1, -0.05) is 24.0 Å². The molecule has 1 amide bonds. The molecule has 2 N–H and O–H groups in total. The first kappa shape index (κ1) is 14.9. The van der Waals surface area contributed by atoms with E-state index >= 15 is 0 Å². The van der Waals surface area contributed by atoms with Crippen LogP contribution in [0.2, 0.25) is 0 Å².